The van der Waals surface area contributed by atoms with Crippen molar-refractivity contribution in [3.8, 4) is 0 Å². The molecule has 1 aromatic heterocycles. The van der Waals surface area contributed by atoms with Crippen molar-refractivity contribution in [3.05, 3.63) is 18.3 Å². The Kier molecular flexibility index (Phi) is 2.52. The van der Waals surface area contributed by atoms with Crippen LogP contribution >= 0.6 is 0 Å². The SMILES string of the molecule is CC1OCCC1(C)Nc1cc(N)ccn1. The third-order valence-corrected chi connectivity index (χ3v) is 3.08. The third kappa shape index (κ3) is 2.04. The van der Waals surface area contributed by atoms with Crippen molar-refractivity contribution >= 4 is 11.5 Å². The molecular weight excluding hydrogens is 190 g/mol. The molecule has 0 saturated carbocycles. The summed E-state index contributed by atoms with van der Waals surface area (Å²) in [4.78, 5) is 4.24. The molecule has 1 saturated heterocycles. The summed E-state index contributed by atoms with van der Waals surface area (Å²) in [6, 6.07) is 3.62. The quantitative estimate of drug-likeness (QED) is 0.774. The van der Waals surface area contributed by atoms with Gasteiger partial charge in [-0.1, -0.05) is 0 Å². The van der Waals surface area contributed by atoms with Gasteiger partial charge in [0.2, 0.25) is 0 Å². The topological polar surface area (TPSA) is 60.2 Å². The number of nitrogens with zero attached hydrogens (tertiary/aromatic N) is 1. The molecule has 0 aromatic carbocycles. The Balaban J connectivity index is 2.14. The molecule has 82 valence electrons. The molecule has 2 unspecified atom stereocenters. The van der Waals surface area contributed by atoms with Crippen LogP contribution in [0.2, 0.25) is 0 Å². The lowest BCUT2D eigenvalue weighted by atomic mass is 9.95. The minimum absolute atomic E-state index is 0.0409. The molecule has 4 heteroatoms. The number of nitrogen functional groups attached to an aromatic ring is 1. The Labute approximate surface area is 89.8 Å². The van der Waals surface area contributed by atoms with Crippen molar-refractivity contribution < 1.29 is 4.74 Å². The standard InChI is InChI=1S/C11H17N3O/c1-8-11(2,4-6-15-8)14-10-7-9(12)3-5-13-10/h3,5,7-8H,4,6H2,1-2H3,(H3,12,13,14). The van der Waals surface area contributed by atoms with Crippen LogP contribution in [-0.2, 0) is 4.74 Å². The molecule has 2 heterocycles. The average Bonchev–Trinajstić information content (AvgIpc) is 2.47. The zero-order valence-corrected chi connectivity index (χ0v) is 9.16. The summed E-state index contributed by atoms with van der Waals surface area (Å²) >= 11 is 0. The number of hydrogen-bond acceptors (Lipinski definition) is 4. The van der Waals surface area contributed by atoms with E-state index in [4.69, 9.17) is 10.5 Å². The van der Waals surface area contributed by atoms with Crippen LogP contribution in [0.3, 0.4) is 0 Å². The molecule has 2 rings (SSSR count). The summed E-state index contributed by atoms with van der Waals surface area (Å²) in [5, 5.41) is 3.39. The first kappa shape index (κ1) is 10.2. The zero-order chi connectivity index (χ0) is 10.9. The van der Waals surface area contributed by atoms with Gasteiger partial charge in [-0.15, -0.1) is 0 Å². The third-order valence-electron chi connectivity index (χ3n) is 3.08. The molecule has 1 aliphatic heterocycles. The summed E-state index contributed by atoms with van der Waals surface area (Å²) in [6.07, 6.45) is 2.90. The van der Waals surface area contributed by atoms with E-state index in [1.807, 2.05) is 6.07 Å². The van der Waals surface area contributed by atoms with Gasteiger partial charge in [0.1, 0.15) is 5.82 Å². The Hall–Kier alpha value is -1.29. The van der Waals surface area contributed by atoms with Gasteiger partial charge in [0.25, 0.3) is 0 Å². The van der Waals surface area contributed by atoms with Crippen LogP contribution < -0.4 is 11.1 Å². The maximum atomic E-state index is 5.70. The molecule has 0 amide bonds. The van der Waals surface area contributed by atoms with Gasteiger partial charge >= 0.3 is 0 Å². The minimum Gasteiger partial charge on any atom is -0.399 e. The molecule has 1 aliphatic rings. The highest BCUT2D eigenvalue weighted by atomic mass is 16.5. The molecular formula is C11H17N3O. The van der Waals surface area contributed by atoms with E-state index in [9.17, 15) is 0 Å². The lowest BCUT2D eigenvalue weighted by Crippen LogP contribution is -2.41. The number of nitrogens with one attached hydrogen (secondary N) is 1. The van der Waals surface area contributed by atoms with E-state index in [0.29, 0.717) is 0 Å². The first-order chi connectivity index (χ1) is 7.10. The maximum absolute atomic E-state index is 5.70. The van der Waals surface area contributed by atoms with E-state index >= 15 is 0 Å². The van der Waals surface area contributed by atoms with E-state index in [1.54, 1.807) is 12.3 Å². The van der Waals surface area contributed by atoms with Gasteiger partial charge < -0.3 is 15.8 Å². The fourth-order valence-electron chi connectivity index (χ4n) is 1.81. The number of nitrogens with two attached hydrogens (primary N) is 1. The smallest absolute Gasteiger partial charge is 0.128 e. The lowest BCUT2D eigenvalue weighted by molar-refractivity contribution is 0.105. The molecule has 2 atom stereocenters. The van der Waals surface area contributed by atoms with Gasteiger partial charge in [-0.05, 0) is 26.3 Å². The molecule has 1 aromatic rings. The van der Waals surface area contributed by atoms with Crippen molar-refractivity contribution in [1.29, 1.82) is 0 Å². The van der Waals surface area contributed by atoms with Gasteiger partial charge in [-0.2, -0.15) is 0 Å². The highest BCUT2D eigenvalue weighted by Gasteiger charge is 2.37. The molecule has 0 bridgehead atoms. The number of pyridine rings is 1. The zero-order valence-electron chi connectivity index (χ0n) is 9.16. The Bertz CT molecular complexity index is 355. The van der Waals surface area contributed by atoms with Gasteiger partial charge in [-0.3, -0.25) is 0 Å². The lowest BCUT2D eigenvalue weighted by Gasteiger charge is -2.29. The second-order valence-electron chi connectivity index (χ2n) is 4.28. The van der Waals surface area contributed by atoms with Crippen LogP contribution in [0.1, 0.15) is 20.3 Å². The Morgan fingerprint density at radius 3 is 3.07 bits per heavy atom. The Morgan fingerprint density at radius 2 is 2.47 bits per heavy atom. The minimum atomic E-state index is -0.0409. The first-order valence-corrected chi connectivity index (χ1v) is 5.21. The first-order valence-electron chi connectivity index (χ1n) is 5.21. The Morgan fingerprint density at radius 1 is 1.67 bits per heavy atom. The molecule has 0 radical (unpaired) electrons. The number of anilines is 2. The highest BCUT2D eigenvalue weighted by molar-refractivity contribution is 5.49. The van der Waals surface area contributed by atoms with Crippen molar-refractivity contribution in [2.45, 2.75) is 31.9 Å². The number of rotatable bonds is 2. The fourth-order valence-corrected chi connectivity index (χ4v) is 1.81. The summed E-state index contributed by atoms with van der Waals surface area (Å²) < 4.78 is 5.55. The fraction of sp³-hybridized carbons (Fsp3) is 0.545. The highest BCUT2D eigenvalue weighted by Crippen LogP contribution is 2.29. The summed E-state index contributed by atoms with van der Waals surface area (Å²) in [5.74, 6) is 0.815. The van der Waals surface area contributed by atoms with Crippen molar-refractivity contribution in [2.24, 2.45) is 0 Å². The van der Waals surface area contributed by atoms with Gasteiger partial charge in [-0.25, -0.2) is 4.98 Å². The van der Waals surface area contributed by atoms with Crippen molar-refractivity contribution in [3.63, 3.8) is 0 Å². The molecule has 0 spiro atoms. The summed E-state index contributed by atoms with van der Waals surface area (Å²) in [5.41, 5.74) is 6.38. The molecule has 3 N–H and O–H groups in total. The predicted octanol–water partition coefficient (Wildman–Crippen LogP) is 1.64. The van der Waals surface area contributed by atoms with E-state index in [1.165, 1.54) is 0 Å². The summed E-state index contributed by atoms with van der Waals surface area (Å²) in [7, 11) is 0. The van der Waals surface area contributed by atoms with Crippen LogP contribution in [0, 0.1) is 0 Å². The van der Waals surface area contributed by atoms with Crippen LogP contribution in [0.4, 0.5) is 11.5 Å². The molecule has 1 fully saturated rings. The largest absolute Gasteiger partial charge is 0.399 e. The van der Waals surface area contributed by atoms with Crippen molar-refractivity contribution in [2.75, 3.05) is 17.7 Å². The maximum Gasteiger partial charge on any atom is 0.128 e. The number of aromatic nitrogens is 1. The van der Waals surface area contributed by atoms with Crippen molar-refractivity contribution in [1.82, 2.24) is 4.98 Å². The van der Waals surface area contributed by atoms with Crippen LogP contribution in [0.15, 0.2) is 18.3 Å². The molecule has 4 nitrogen and oxygen atoms in total. The monoisotopic (exact) mass is 207 g/mol. The van der Waals surface area contributed by atoms with Crippen LogP contribution in [-0.4, -0.2) is 23.2 Å². The predicted molar refractivity (Wildman–Crippen MR) is 60.7 cm³/mol. The summed E-state index contributed by atoms with van der Waals surface area (Å²) in [6.45, 7) is 5.02. The normalized spacial score (nSPS) is 30.4. The van der Waals surface area contributed by atoms with Crippen LogP contribution in [0.5, 0.6) is 0 Å². The number of ether oxygens (including phenoxy) is 1. The molecule has 0 aliphatic carbocycles. The number of hydrogen-bond donors (Lipinski definition) is 2. The van der Waals surface area contributed by atoms with E-state index < -0.39 is 0 Å². The van der Waals surface area contributed by atoms with E-state index in [2.05, 4.69) is 24.1 Å². The van der Waals surface area contributed by atoms with Crippen LogP contribution in [0.25, 0.3) is 0 Å². The van der Waals surface area contributed by atoms with Gasteiger partial charge in [0, 0.05) is 24.6 Å². The van der Waals surface area contributed by atoms with E-state index in [0.717, 1.165) is 24.5 Å². The second-order valence-corrected chi connectivity index (χ2v) is 4.28. The van der Waals surface area contributed by atoms with Gasteiger partial charge in [0.15, 0.2) is 0 Å². The van der Waals surface area contributed by atoms with E-state index in [-0.39, 0.29) is 11.6 Å². The molecule has 15 heavy (non-hydrogen) atoms. The average molecular weight is 207 g/mol. The van der Waals surface area contributed by atoms with Gasteiger partial charge in [0.05, 0.1) is 11.6 Å². The second kappa shape index (κ2) is 3.70.